The van der Waals surface area contributed by atoms with Gasteiger partial charge in [-0.25, -0.2) is 9.37 Å². The van der Waals surface area contributed by atoms with E-state index in [1.807, 2.05) is 0 Å². The van der Waals surface area contributed by atoms with Crippen LogP contribution in [0, 0.1) is 5.82 Å². The fourth-order valence-corrected chi connectivity index (χ4v) is 4.04. The second-order valence-electron chi connectivity index (χ2n) is 7.34. The van der Waals surface area contributed by atoms with Crippen LogP contribution in [0.2, 0.25) is 0 Å². The lowest BCUT2D eigenvalue weighted by atomic mass is 10.2. The van der Waals surface area contributed by atoms with Gasteiger partial charge in [0, 0.05) is 5.69 Å². The van der Waals surface area contributed by atoms with Crippen LogP contribution in [-0.2, 0) is 17.5 Å². The first-order valence-electron chi connectivity index (χ1n) is 10.0. The van der Waals surface area contributed by atoms with Gasteiger partial charge in [-0.1, -0.05) is 36.0 Å². The number of hydrogen-bond donors (Lipinski definition) is 1. The smallest absolute Gasteiger partial charge is 0.325 e. The number of carbonyl (C=O) groups excluding carboxylic acids is 1. The fourth-order valence-electron chi connectivity index (χ4n) is 3.24. The van der Waals surface area contributed by atoms with E-state index >= 15 is 0 Å². The number of thioether (sulfide) groups is 1. The molecular formula is C24H17F4N3O2S. The Hall–Kier alpha value is -3.66. The Balaban J connectivity index is 1.55. The van der Waals surface area contributed by atoms with Crippen LogP contribution < -0.4 is 10.9 Å². The molecule has 0 aliphatic rings. The molecule has 4 rings (SSSR count). The summed E-state index contributed by atoms with van der Waals surface area (Å²) in [5.41, 5.74) is 0.240. The van der Waals surface area contributed by atoms with Crippen molar-refractivity contribution in [3.05, 3.63) is 100 Å². The summed E-state index contributed by atoms with van der Waals surface area (Å²) in [5, 5.41) is 3.23. The van der Waals surface area contributed by atoms with Crippen LogP contribution in [-0.4, -0.2) is 21.2 Å². The minimum atomic E-state index is -4.46. The molecular weight excluding hydrogens is 470 g/mol. The number of halogens is 4. The Morgan fingerprint density at radius 3 is 2.32 bits per heavy atom. The zero-order chi connectivity index (χ0) is 24.3. The van der Waals surface area contributed by atoms with Crippen molar-refractivity contribution in [1.29, 1.82) is 0 Å². The maximum absolute atomic E-state index is 13.3. The first-order chi connectivity index (χ1) is 16.2. The predicted octanol–water partition coefficient (Wildman–Crippen LogP) is 5.33. The highest BCUT2D eigenvalue weighted by atomic mass is 32.2. The van der Waals surface area contributed by atoms with E-state index in [1.54, 1.807) is 36.4 Å². The van der Waals surface area contributed by atoms with Gasteiger partial charge >= 0.3 is 6.18 Å². The van der Waals surface area contributed by atoms with Crippen LogP contribution in [0.1, 0.15) is 11.1 Å². The second kappa shape index (κ2) is 9.68. The highest BCUT2D eigenvalue weighted by Crippen LogP contribution is 2.30. The number of amides is 1. The van der Waals surface area contributed by atoms with Crippen LogP contribution in [0.5, 0.6) is 0 Å². The Morgan fingerprint density at radius 1 is 0.971 bits per heavy atom. The van der Waals surface area contributed by atoms with Crippen molar-refractivity contribution >= 4 is 34.3 Å². The van der Waals surface area contributed by atoms with Gasteiger partial charge in [-0.2, -0.15) is 13.2 Å². The first kappa shape index (κ1) is 23.5. The number of para-hydroxylation sites is 1. The summed E-state index contributed by atoms with van der Waals surface area (Å²) >= 11 is 1.02. The Kier molecular flexibility index (Phi) is 6.69. The SMILES string of the molecule is O=C(CSc1nc2ccccc2c(=O)n1Cc1ccc(F)cc1)Nc1ccc(C(F)(F)F)cc1. The number of rotatable bonds is 6. The maximum Gasteiger partial charge on any atom is 0.416 e. The minimum Gasteiger partial charge on any atom is -0.325 e. The number of carbonyl (C=O) groups is 1. The van der Waals surface area contributed by atoms with Crippen LogP contribution in [0.4, 0.5) is 23.2 Å². The standard InChI is InChI=1S/C24H17F4N3O2S/c25-17-9-5-15(6-10-17)13-31-22(33)19-3-1-2-4-20(19)30-23(31)34-14-21(32)29-18-11-7-16(8-12-18)24(26,27)28/h1-12H,13-14H2,(H,29,32). The number of alkyl halides is 3. The number of nitrogens with zero attached hydrogens (tertiary/aromatic N) is 2. The summed E-state index contributed by atoms with van der Waals surface area (Å²) in [6.45, 7) is 0.125. The van der Waals surface area contributed by atoms with Gasteiger partial charge in [0.2, 0.25) is 5.91 Å². The van der Waals surface area contributed by atoms with E-state index in [0.29, 0.717) is 16.5 Å². The van der Waals surface area contributed by atoms with Crippen molar-refractivity contribution in [2.45, 2.75) is 17.9 Å². The van der Waals surface area contributed by atoms with Gasteiger partial charge in [0.1, 0.15) is 5.82 Å². The van der Waals surface area contributed by atoms with Crippen molar-refractivity contribution in [1.82, 2.24) is 9.55 Å². The number of aromatic nitrogens is 2. The second-order valence-corrected chi connectivity index (χ2v) is 8.28. The normalized spacial score (nSPS) is 11.5. The fraction of sp³-hybridized carbons (Fsp3) is 0.125. The Morgan fingerprint density at radius 2 is 1.65 bits per heavy atom. The molecule has 0 fully saturated rings. The quantitative estimate of drug-likeness (QED) is 0.227. The lowest BCUT2D eigenvalue weighted by Gasteiger charge is -2.13. The van der Waals surface area contributed by atoms with Crippen molar-refractivity contribution < 1.29 is 22.4 Å². The van der Waals surface area contributed by atoms with Crippen molar-refractivity contribution in [3.63, 3.8) is 0 Å². The molecule has 0 aliphatic carbocycles. The average molecular weight is 487 g/mol. The Labute approximate surface area is 195 Å². The number of nitrogens with one attached hydrogen (secondary N) is 1. The zero-order valence-electron chi connectivity index (χ0n) is 17.5. The molecule has 0 saturated heterocycles. The van der Waals surface area contributed by atoms with Crippen molar-refractivity contribution in [2.75, 3.05) is 11.1 Å². The van der Waals surface area contributed by atoms with Gasteiger partial charge in [0.25, 0.3) is 5.56 Å². The molecule has 0 aliphatic heterocycles. The van der Waals surface area contributed by atoms with Crippen LogP contribution >= 0.6 is 11.8 Å². The number of fused-ring (bicyclic) bond motifs is 1. The number of hydrogen-bond acceptors (Lipinski definition) is 4. The maximum atomic E-state index is 13.3. The molecule has 0 bridgehead atoms. The zero-order valence-corrected chi connectivity index (χ0v) is 18.3. The van der Waals surface area contributed by atoms with Crippen LogP contribution in [0.3, 0.4) is 0 Å². The minimum absolute atomic E-state index is 0.125. The van der Waals surface area contributed by atoms with Crippen molar-refractivity contribution in [3.8, 4) is 0 Å². The summed E-state index contributed by atoms with van der Waals surface area (Å²) in [5.74, 6) is -1.00. The van der Waals surface area contributed by atoms with E-state index in [1.165, 1.54) is 28.8 Å². The summed E-state index contributed by atoms with van der Waals surface area (Å²) in [7, 11) is 0. The molecule has 0 atom stereocenters. The molecule has 5 nitrogen and oxygen atoms in total. The lowest BCUT2D eigenvalue weighted by Crippen LogP contribution is -2.25. The molecule has 3 aromatic carbocycles. The molecule has 1 heterocycles. The average Bonchev–Trinajstić information content (AvgIpc) is 2.81. The molecule has 174 valence electrons. The number of benzene rings is 3. The largest absolute Gasteiger partial charge is 0.416 e. The summed E-state index contributed by atoms with van der Waals surface area (Å²) in [6.07, 6.45) is -4.46. The molecule has 1 N–H and O–H groups in total. The third-order valence-electron chi connectivity index (χ3n) is 4.91. The van der Waals surface area contributed by atoms with Crippen molar-refractivity contribution in [2.24, 2.45) is 0 Å². The number of anilines is 1. The van der Waals surface area contributed by atoms with E-state index in [9.17, 15) is 27.2 Å². The topological polar surface area (TPSA) is 64.0 Å². The predicted molar refractivity (Wildman–Crippen MR) is 122 cm³/mol. The van der Waals surface area contributed by atoms with Crippen LogP contribution in [0.15, 0.2) is 82.7 Å². The summed E-state index contributed by atoms with van der Waals surface area (Å²) in [6, 6.07) is 16.6. The molecule has 0 radical (unpaired) electrons. The monoisotopic (exact) mass is 487 g/mol. The van der Waals surface area contributed by atoms with Gasteiger partial charge in [-0.3, -0.25) is 14.2 Å². The first-order valence-corrected chi connectivity index (χ1v) is 11.0. The van der Waals surface area contributed by atoms with E-state index < -0.39 is 23.5 Å². The van der Waals surface area contributed by atoms with E-state index in [4.69, 9.17) is 0 Å². The molecule has 10 heteroatoms. The molecule has 1 aromatic heterocycles. The van der Waals surface area contributed by atoms with E-state index in [0.717, 1.165) is 23.9 Å². The van der Waals surface area contributed by atoms with Gasteiger partial charge in [-0.05, 0) is 54.1 Å². The van der Waals surface area contributed by atoms with Gasteiger partial charge in [-0.15, -0.1) is 0 Å². The molecule has 0 unspecified atom stereocenters. The molecule has 1 amide bonds. The Bertz CT molecular complexity index is 1390. The summed E-state index contributed by atoms with van der Waals surface area (Å²) in [4.78, 5) is 30.0. The molecule has 0 spiro atoms. The summed E-state index contributed by atoms with van der Waals surface area (Å²) < 4.78 is 52.8. The molecule has 4 aromatic rings. The van der Waals surface area contributed by atoms with E-state index in [2.05, 4.69) is 10.3 Å². The third-order valence-corrected chi connectivity index (χ3v) is 5.89. The molecule has 0 saturated carbocycles. The van der Waals surface area contributed by atoms with Gasteiger partial charge in [0.05, 0.1) is 28.8 Å². The third kappa shape index (κ3) is 5.45. The highest BCUT2D eigenvalue weighted by Gasteiger charge is 2.30. The molecule has 34 heavy (non-hydrogen) atoms. The van der Waals surface area contributed by atoms with Gasteiger partial charge in [0.15, 0.2) is 5.16 Å². The van der Waals surface area contributed by atoms with Crippen LogP contribution in [0.25, 0.3) is 10.9 Å². The van der Waals surface area contributed by atoms with Gasteiger partial charge < -0.3 is 5.32 Å². The lowest BCUT2D eigenvalue weighted by molar-refractivity contribution is -0.137. The highest BCUT2D eigenvalue weighted by molar-refractivity contribution is 7.99. The van der Waals surface area contributed by atoms with E-state index in [-0.39, 0.29) is 28.7 Å².